The Balaban J connectivity index is 1.84. The van der Waals surface area contributed by atoms with Crippen LogP contribution in [0.4, 0.5) is 0 Å². The molecule has 1 saturated carbocycles. The first-order valence-electron chi connectivity index (χ1n) is 7.36. The topological polar surface area (TPSA) is 49.6 Å². The molecule has 2 aliphatic rings. The van der Waals surface area contributed by atoms with E-state index in [1.807, 2.05) is 4.90 Å². The van der Waals surface area contributed by atoms with Crippen LogP contribution in [0.15, 0.2) is 0 Å². The van der Waals surface area contributed by atoms with Gasteiger partial charge in [0.1, 0.15) is 0 Å². The number of nitrogens with two attached hydrogens (primary N) is 1. The highest BCUT2D eigenvalue weighted by molar-refractivity contribution is 7.80. The quantitative estimate of drug-likeness (QED) is 0.771. The fraction of sp³-hybridized carbons (Fsp3) is 0.857. The third-order valence-corrected chi connectivity index (χ3v) is 4.66. The predicted octanol–water partition coefficient (Wildman–Crippen LogP) is 1.24. The molecule has 0 radical (unpaired) electrons. The maximum absolute atomic E-state index is 12.2. The Bertz CT molecular complexity index is 353. The summed E-state index contributed by atoms with van der Waals surface area (Å²) in [4.78, 5) is 17.1. The molecule has 1 heterocycles. The first kappa shape index (κ1) is 14.7. The van der Waals surface area contributed by atoms with Crippen LogP contribution in [-0.2, 0) is 4.79 Å². The summed E-state index contributed by atoms with van der Waals surface area (Å²) < 4.78 is 0. The minimum absolute atomic E-state index is 0.206. The summed E-state index contributed by atoms with van der Waals surface area (Å²) in [6.45, 7) is 7.75. The molecule has 0 spiro atoms. The van der Waals surface area contributed by atoms with E-state index in [2.05, 4.69) is 18.7 Å². The van der Waals surface area contributed by atoms with Gasteiger partial charge >= 0.3 is 0 Å². The lowest BCUT2D eigenvalue weighted by Gasteiger charge is -2.39. The lowest BCUT2D eigenvalue weighted by atomic mass is 10.1. The SMILES string of the molecule is CCCC(C(N)=S)N1CCN(C(=O)C2CC2C)CC1. The molecule has 108 valence electrons. The molecule has 5 heteroatoms. The Hall–Kier alpha value is -0.680. The molecule has 0 bridgehead atoms. The monoisotopic (exact) mass is 283 g/mol. The lowest BCUT2D eigenvalue weighted by Crippen LogP contribution is -2.55. The van der Waals surface area contributed by atoms with Gasteiger partial charge in [0.25, 0.3) is 0 Å². The first-order chi connectivity index (χ1) is 9.04. The van der Waals surface area contributed by atoms with Crippen molar-refractivity contribution in [3.8, 4) is 0 Å². The molecule has 3 unspecified atom stereocenters. The van der Waals surface area contributed by atoms with Crippen LogP contribution in [0.5, 0.6) is 0 Å². The van der Waals surface area contributed by atoms with E-state index in [1.165, 1.54) is 0 Å². The number of thiocarbonyl (C=S) groups is 1. The van der Waals surface area contributed by atoms with Crippen LogP contribution < -0.4 is 5.73 Å². The molecule has 1 amide bonds. The largest absolute Gasteiger partial charge is 0.392 e. The second-order valence-electron chi connectivity index (χ2n) is 5.89. The molecule has 0 aromatic heterocycles. The van der Waals surface area contributed by atoms with Gasteiger partial charge < -0.3 is 10.6 Å². The number of amides is 1. The number of hydrogen-bond acceptors (Lipinski definition) is 3. The maximum atomic E-state index is 12.2. The van der Waals surface area contributed by atoms with Crippen LogP contribution in [-0.4, -0.2) is 52.9 Å². The number of carbonyl (C=O) groups is 1. The Morgan fingerprint density at radius 1 is 1.37 bits per heavy atom. The molecular formula is C14H25N3OS. The van der Waals surface area contributed by atoms with Crippen molar-refractivity contribution in [3.05, 3.63) is 0 Å². The standard InChI is InChI=1S/C14H25N3OS/c1-3-4-12(13(15)19)16-5-7-17(8-6-16)14(18)11-9-10(11)2/h10-12H,3-9H2,1-2H3,(H2,15,19). The van der Waals surface area contributed by atoms with Gasteiger partial charge in [0.05, 0.1) is 11.0 Å². The molecular weight excluding hydrogens is 258 g/mol. The van der Waals surface area contributed by atoms with Gasteiger partial charge in [0.2, 0.25) is 5.91 Å². The van der Waals surface area contributed by atoms with Crippen molar-refractivity contribution in [3.63, 3.8) is 0 Å². The molecule has 1 saturated heterocycles. The normalized spacial score (nSPS) is 29.1. The molecule has 3 atom stereocenters. The fourth-order valence-corrected chi connectivity index (χ4v) is 3.20. The van der Waals surface area contributed by atoms with E-state index in [4.69, 9.17) is 18.0 Å². The van der Waals surface area contributed by atoms with Crippen LogP contribution in [0.2, 0.25) is 0 Å². The third kappa shape index (κ3) is 3.45. The highest BCUT2D eigenvalue weighted by atomic mass is 32.1. The number of nitrogens with zero attached hydrogens (tertiary/aromatic N) is 2. The number of piperazine rings is 1. The number of hydrogen-bond donors (Lipinski definition) is 1. The average molecular weight is 283 g/mol. The van der Waals surface area contributed by atoms with Crippen molar-refractivity contribution in [1.82, 2.24) is 9.80 Å². The Morgan fingerprint density at radius 2 is 1.95 bits per heavy atom. The van der Waals surface area contributed by atoms with Crippen molar-refractivity contribution < 1.29 is 4.79 Å². The minimum Gasteiger partial charge on any atom is -0.392 e. The van der Waals surface area contributed by atoms with E-state index >= 15 is 0 Å². The smallest absolute Gasteiger partial charge is 0.226 e. The molecule has 2 rings (SSSR count). The van der Waals surface area contributed by atoms with Crippen LogP contribution in [0.25, 0.3) is 0 Å². The molecule has 2 fully saturated rings. The molecule has 0 aromatic carbocycles. The van der Waals surface area contributed by atoms with Crippen molar-refractivity contribution in [2.24, 2.45) is 17.6 Å². The number of carbonyl (C=O) groups excluding carboxylic acids is 1. The second-order valence-corrected chi connectivity index (χ2v) is 6.36. The van der Waals surface area contributed by atoms with E-state index in [9.17, 15) is 4.79 Å². The van der Waals surface area contributed by atoms with Crippen molar-refractivity contribution in [1.29, 1.82) is 0 Å². The van der Waals surface area contributed by atoms with E-state index in [0.29, 0.717) is 22.7 Å². The zero-order valence-corrected chi connectivity index (χ0v) is 12.8. The summed E-state index contributed by atoms with van der Waals surface area (Å²) in [5.41, 5.74) is 5.83. The molecule has 2 N–H and O–H groups in total. The van der Waals surface area contributed by atoms with Crippen molar-refractivity contribution in [2.75, 3.05) is 26.2 Å². The zero-order chi connectivity index (χ0) is 14.0. The Labute approximate surface area is 121 Å². The highest BCUT2D eigenvalue weighted by Crippen LogP contribution is 2.39. The van der Waals surface area contributed by atoms with E-state index in [-0.39, 0.29) is 6.04 Å². The minimum atomic E-state index is 0.206. The lowest BCUT2D eigenvalue weighted by molar-refractivity contribution is -0.134. The van der Waals surface area contributed by atoms with E-state index in [0.717, 1.165) is 45.4 Å². The van der Waals surface area contributed by atoms with Crippen LogP contribution >= 0.6 is 12.2 Å². The van der Waals surface area contributed by atoms with Crippen LogP contribution in [0, 0.1) is 11.8 Å². The Kier molecular flexibility index (Phi) is 4.79. The van der Waals surface area contributed by atoms with Gasteiger partial charge in [0.15, 0.2) is 0 Å². The summed E-state index contributed by atoms with van der Waals surface area (Å²) in [6.07, 6.45) is 3.17. The predicted molar refractivity (Wildman–Crippen MR) is 80.9 cm³/mol. The average Bonchev–Trinajstić information content (AvgIpc) is 3.12. The van der Waals surface area contributed by atoms with E-state index in [1.54, 1.807) is 0 Å². The number of rotatable bonds is 5. The molecule has 0 aromatic rings. The zero-order valence-electron chi connectivity index (χ0n) is 12.0. The van der Waals surface area contributed by atoms with Gasteiger partial charge in [-0.25, -0.2) is 0 Å². The van der Waals surface area contributed by atoms with Crippen LogP contribution in [0.1, 0.15) is 33.1 Å². The maximum Gasteiger partial charge on any atom is 0.226 e. The van der Waals surface area contributed by atoms with Gasteiger partial charge in [0, 0.05) is 32.1 Å². The summed E-state index contributed by atoms with van der Waals surface area (Å²) in [7, 11) is 0. The van der Waals surface area contributed by atoms with Crippen molar-refractivity contribution >= 4 is 23.1 Å². The molecule has 1 aliphatic heterocycles. The summed E-state index contributed by atoms with van der Waals surface area (Å²) >= 11 is 5.17. The molecule has 4 nitrogen and oxygen atoms in total. The van der Waals surface area contributed by atoms with Crippen LogP contribution in [0.3, 0.4) is 0 Å². The van der Waals surface area contributed by atoms with Crippen molar-refractivity contribution in [2.45, 2.75) is 39.2 Å². The van der Waals surface area contributed by atoms with Gasteiger partial charge in [-0.1, -0.05) is 32.5 Å². The third-order valence-electron chi connectivity index (χ3n) is 4.38. The van der Waals surface area contributed by atoms with Gasteiger partial charge in [-0.15, -0.1) is 0 Å². The van der Waals surface area contributed by atoms with E-state index < -0.39 is 0 Å². The van der Waals surface area contributed by atoms with Gasteiger partial charge in [-0.3, -0.25) is 9.69 Å². The molecule has 19 heavy (non-hydrogen) atoms. The second kappa shape index (κ2) is 6.18. The van der Waals surface area contributed by atoms with Gasteiger partial charge in [-0.2, -0.15) is 0 Å². The highest BCUT2D eigenvalue weighted by Gasteiger charge is 2.42. The summed E-state index contributed by atoms with van der Waals surface area (Å²) in [5.74, 6) is 1.25. The van der Waals surface area contributed by atoms with Gasteiger partial charge in [-0.05, 0) is 18.8 Å². The fourth-order valence-electron chi connectivity index (χ4n) is 2.93. The first-order valence-corrected chi connectivity index (χ1v) is 7.77. The summed E-state index contributed by atoms with van der Waals surface area (Å²) in [6, 6.07) is 0.206. The molecule has 1 aliphatic carbocycles. The summed E-state index contributed by atoms with van der Waals surface area (Å²) in [5, 5.41) is 0. The Morgan fingerprint density at radius 3 is 2.37 bits per heavy atom.